The molecule has 0 spiro atoms. The normalized spacial score (nSPS) is 31.9. The molecule has 1 heterocycles. The standard InChI is InChI=1S/C15H28N2O/c1-14(8-4-3-5-9-14)12-16-13(18)15(2)10-6-7-11-17-15/h17H,3-12H2,1-2H3,(H,16,18). The predicted molar refractivity (Wildman–Crippen MR) is 74.5 cm³/mol. The molecular weight excluding hydrogens is 224 g/mol. The second-order valence-electron chi connectivity index (χ2n) is 6.77. The number of amides is 1. The van der Waals surface area contributed by atoms with Gasteiger partial charge in [0.1, 0.15) is 0 Å². The monoisotopic (exact) mass is 252 g/mol. The van der Waals surface area contributed by atoms with Gasteiger partial charge in [0.15, 0.2) is 0 Å². The van der Waals surface area contributed by atoms with E-state index in [4.69, 9.17) is 0 Å². The molecule has 0 aromatic rings. The molecule has 1 atom stereocenters. The van der Waals surface area contributed by atoms with Crippen LogP contribution in [0.15, 0.2) is 0 Å². The highest BCUT2D eigenvalue weighted by atomic mass is 16.2. The van der Waals surface area contributed by atoms with Crippen LogP contribution in [0.3, 0.4) is 0 Å². The van der Waals surface area contributed by atoms with E-state index in [-0.39, 0.29) is 11.4 Å². The largest absolute Gasteiger partial charge is 0.354 e. The minimum Gasteiger partial charge on any atom is -0.354 e. The lowest BCUT2D eigenvalue weighted by atomic mass is 9.75. The summed E-state index contributed by atoms with van der Waals surface area (Å²) in [5.41, 5.74) is 0.00220. The minimum absolute atomic E-state index is 0.203. The zero-order valence-electron chi connectivity index (χ0n) is 12.0. The molecule has 104 valence electrons. The number of carbonyl (C=O) groups is 1. The zero-order valence-corrected chi connectivity index (χ0v) is 12.0. The van der Waals surface area contributed by atoms with Crippen LogP contribution in [-0.2, 0) is 4.79 Å². The Morgan fingerprint density at radius 3 is 2.33 bits per heavy atom. The van der Waals surface area contributed by atoms with Gasteiger partial charge >= 0.3 is 0 Å². The van der Waals surface area contributed by atoms with Crippen LogP contribution in [0.2, 0.25) is 0 Å². The first-order valence-corrected chi connectivity index (χ1v) is 7.58. The van der Waals surface area contributed by atoms with Crippen molar-refractivity contribution in [3.8, 4) is 0 Å². The van der Waals surface area contributed by atoms with Gasteiger partial charge in [-0.15, -0.1) is 0 Å². The van der Waals surface area contributed by atoms with Gasteiger partial charge in [-0.05, 0) is 51.0 Å². The first kappa shape index (κ1) is 13.9. The van der Waals surface area contributed by atoms with Crippen molar-refractivity contribution in [1.82, 2.24) is 10.6 Å². The third-order valence-electron chi connectivity index (χ3n) is 4.86. The quantitative estimate of drug-likeness (QED) is 0.810. The number of carbonyl (C=O) groups excluding carboxylic acids is 1. The molecule has 3 heteroatoms. The van der Waals surface area contributed by atoms with Crippen molar-refractivity contribution in [3.63, 3.8) is 0 Å². The minimum atomic E-state index is -0.330. The Labute approximate surface area is 111 Å². The molecule has 1 saturated heterocycles. The fourth-order valence-corrected chi connectivity index (χ4v) is 3.32. The summed E-state index contributed by atoms with van der Waals surface area (Å²) >= 11 is 0. The Kier molecular flexibility index (Phi) is 4.31. The fourth-order valence-electron chi connectivity index (χ4n) is 3.32. The topological polar surface area (TPSA) is 41.1 Å². The highest BCUT2D eigenvalue weighted by Gasteiger charge is 2.35. The summed E-state index contributed by atoms with van der Waals surface area (Å²) in [7, 11) is 0. The maximum Gasteiger partial charge on any atom is 0.240 e. The fraction of sp³-hybridized carbons (Fsp3) is 0.933. The Morgan fingerprint density at radius 2 is 1.72 bits per heavy atom. The lowest BCUT2D eigenvalue weighted by Gasteiger charge is -2.37. The van der Waals surface area contributed by atoms with Crippen molar-refractivity contribution in [2.75, 3.05) is 13.1 Å². The average Bonchev–Trinajstić information content (AvgIpc) is 2.38. The summed E-state index contributed by atoms with van der Waals surface area (Å²) in [6.45, 7) is 6.19. The summed E-state index contributed by atoms with van der Waals surface area (Å²) in [6.07, 6.45) is 9.85. The maximum atomic E-state index is 12.3. The molecule has 2 aliphatic rings. The highest BCUT2D eigenvalue weighted by Crippen LogP contribution is 2.35. The van der Waals surface area contributed by atoms with Crippen LogP contribution in [0, 0.1) is 5.41 Å². The van der Waals surface area contributed by atoms with E-state index in [0.717, 1.165) is 25.9 Å². The van der Waals surface area contributed by atoms with E-state index < -0.39 is 0 Å². The number of rotatable bonds is 3. The van der Waals surface area contributed by atoms with Gasteiger partial charge in [0.05, 0.1) is 5.54 Å². The summed E-state index contributed by atoms with van der Waals surface area (Å²) in [5, 5.41) is 6.59. The van der Waals surface area contributed by atoms with Crippen molar-refractivity contribution in [3.05, 3.63) is 0 Å². The lowest BCUT2D eigenvalue weighted by Crippen LogP contribution is -2.58. The van der Waals surface area contributed by atoms with Gasteiger partial charge in [-0.1, -0.05) is 26.2 Å². The van der Waals surface area contributed by atoms with Crippen molar-refractivity contribution >= 4 is 5.91 Å². The van der Waals surface area contributed by atoms with Crippen LogP contribution in [0.25, 0.3) is 0 Å². The predicted octanol–water partition coefficient (Wildman–Crippen LogP) is 2.61. The van der Waals surface area contributed by atoms with E-state index in [2.05, 4.69) is 17.6 Å². The number of hydrogen-bond acceptors (Lipinski definition) is 2. The second kappa shape index (κ2) is 5.60. The van der Waals surface area contributed by atoms with Crippen LogP contribution in [-0.4, -0.2) is 24.5 Å². The molecule has 0 aromatic heterocycles. The molecule has 1 aliphatic carbocycles. The number of nitrogens with one attached hydrogen (secondary N) is 2. The van der Waals surface area contributed by atoms with E-state index in [1.807, 2.05) is 6.92 Å². The van der Waals surface area contributed by atoms with Crippen molar-refractivity contribution < 1.29 is 4.79 Å². The molecule has 3 nitrogen and oxygen atoms in total. The van der Waals surface area contributed by atoms with Gasteiger partial charge in [0.2, 0.25) is 5.91 Å². The Hall–Kier alpha value is -0.570. The Balaban J connectivity index is 1.83. The van der Waals surface area contributed by atoms with E-state index in [9.17, 15) is 4.79 Å². The van der Waals surface area contributed by atoms with Gasteiger partial charge in [-0.3, -0.25) is 4.79 Å². The van der Waals surface area contributed by atoms with E-state index in [0.29, 0.717) is 5.41 Å². The van der Waals surface area contributed by atoms with Crippen molar-refractivity contribution in [1.29, 1.82) is 0 Å². The van der Waals surface area contributed by atoms with E-state index in [1.165, 1.54) is 38.5 Å². The molecule has 2 rings (SSSR count). The average molecular weight is 252 g/mol. The van der Waals surface area contributed by atoms with Crippen LogP contribution in [0.4, 0.5) is 0 Å². The van der Waals surface area contributed by atoms with Gasteiger partial charge < -0.3 is 10.6 Å². The van der Waals surface area contributed by atoms with E-state index >= 15 is 0 Å². The van der Waals surface area contributed by atoms with Crippen LogP contribution >= 0.6 is 0 Å². The smallest absolute Gasteiger partial charge is 0.240 e. The van der Waals surface area contributed by atoms with Gasteiger partial charge in [0, 0.05) is 6.54 Å². The van der Waals surface area contributed by atoms with Crippen LogP contribution in [0.5, 0.6) is 0 Å². The van der Waals surface area contributed by atoms with Crippen LogP contribution in [0.1, 0.15) is 65.2 Å². The van der Waals surface area contributed by atoms with E-state index in [1.54, 1.807) is 0 Å². The molecule has 1 unspecified atom stereocenters. The molecule has 0 radical (unpaired) electrons. The Bertz CT molecular complexity index is 289. The van der Waals surface area contributed by atoms with Gasteiger partial charge in [-0.25, -0.2) is 0 Å². The molecule has 1 saturated carbocycles. The molecule has 2 fully saturated rings. The molecule has 1 amide bonds. The molecule has 1 aliphatic heterocycles. The lowest BCUT2D eigenvalue weighted by molar-refractivity contribution is -0.128. The summed E-state index contributed by atoms with van der Waals surface area (Å²) in [6, 6.07) is 0. The number of piperidine rings is 1. The summed E-state index contributed by atoms with van der Waals surface area (Å²) in [5.74, 6) is 0.203. The SMILES string of the molecule is CC1(CNC(=O)C2(C)CCCCN2)CCCCC1. The van der Waals surface area contributed by atoms with Crippen molar-refractivity contribution in [2.24, 2.45) is 5.41 Å². The van der Waals surface area contributed by atoms with Crippen LogP contribution < -0.4 is 10.6 Å². The van der Waals surface area contributed by atoms with Gasteiger partial charge in [-0.2, -0.15) is 0 Å². The van der Waals surface area contributed by atoms with Crippen molar-refractivity contribution in [2.45, 2.75) is 70.8 Å². The second-order valence-corrected chi connectivity index (χ2v) is 6.77. The Morgan fingerprint density at radius 1 is 1.06 bits per heavy atom. The maximum absolute atomic E-state index is 12.3. The molecule has 0 aromatic carbocycles. The first-order valence-electron chi connectivity index (χ1n) is 7.58. The molecule has 18 heavy (non-hydrogen) atoms. The summed E-state index contributed by atoms with van der Waals surface area (Å²) in [4.78, 5) is 12.3. The molecular formula is C15H28N2O. The first-order chi connectivity index (χ1) is 8.54. The third kappa shape index (κ3) is 3.25. The third-order valence-corrected chi connectivity index (χ3v) is 4.86. The summed E-state index contributed by atoms with van der Waals surface area (Å²) < 4.78 is 0. The highest BCUT2D eigenvalue weighted by molar-refractivity contribution is 5.86. The number of hydrogen-bond donors (Lipinski definition) is 2. The molecule has 2 N–H and O–H groups in total. The molecule has 0 bridgehead atoms. The zero-order chi connectivity index (χ0) is 13.1. The van der Waals surface area contributed by atoms with Gasteiger partial charge in [0.25, 0.3) is 0 Å².